The summed E-state index contributed by atoms with van der Waals surface area (Å²) in [6, 6.07) is 15.0. The number of hydrogen-bond acceptors (Lipinski definition) is 4. The second-order valence-electron chi connectivity index (χ2n) is 11.7. The summed E-state index contributed by atoms with van der Waals surface area (Å²) >= 11 is 12.4. The van der Waals surface area contributed by atoms with Gasteiger partial charge in [0.2, 0.25) is 5.91 Å². The molecule has 18 heteroatoms. The van der Waals surface area contributed by atoms with Gasteiger partial charge in [0.15, 0.2) is 0 Å². The zero-order valence-electron chi connectivity index (χ0n) is 26.9. The van der Waals surface area contributed by atoms with Gasteiger partial charge in [0.25, 0.3) is 5.91 Å². The van der Waals surface area contributed by atoms with Crippen LogP contribution in [-0.2, 0) is 23.7 Å². The van der Waals surface area contributed by atoms with Gasteiger partial charge in [0, 0.05) is 37.8 Å². The fraction of sp³-hybridized carbons (Fsp3) is 0.394. The molecular formula is C33H38Cl4F6N4O4. The summed E-state index contributed by atoms with van der Waals surface area (Å²) in [5.74, 6) is -1.28. The zero-order valence-corrected chi connectivity index (χ0v) is 30.0. The third-order valence-electron chi connectivity index (χ3n) is 8.53. The molecule has 5 rings (SSSR count). The van der Waals surface area contributed by atoms with E-state index in [-0.39, 0.29) is 90.0 Å². The number of amides is 2. The predicted octanol–water partition coefficient (Wildman–Crippen LogP) is 6.51. The molecule has 284 valence electrons. The summed E-state index contributed by atoms with van der Waals surface area (Å²) < 4.78 is 80.9. The number of carbonyl (C=O) groups excluding carboxylic acids is 2. The molecule has 0 bridgehead atoms. The number of nitrogens with zero attached hydrogens (tertiary/aromatic N) is 3. The van der Waals surface area contributed by atoms with Crippen molar-refractivity contribution in [2.45, 2.75) is 43.8 Å². The second kappa shape index (κ2) is 19.3. The van der Waals surface area contributed by atoms with Gasteiger partial charge in [-0.2, -0.15) is 26.3 Å². The lowest BCUT2D eigenvalue weighted by atomic mass is 9.99. The highest BCUT2D eigenvalue weighted by atomic mass is 35.5. The van der Waals surface area contributed by atoms with E-state index in [1.54, 1.807) is 11.0 Å². The summed E-state index contributed by atoms with van der Waals surface area (Å²) in [4.78, 5) is 32.1. The van der Waals surface area contributed by atoms with Crippen LogP contribution in [0.15, 0.2) is 66.7 Å². The highest BCUT2D eigenvalue weighted by Gasteiger charge is 2.39. The van der Waals surface area contributed by atoms with Gasteiger partial charge < -0.3 is 26.1 Å². The van der Waals surface area contributed by atoms with E-state index >= 15 is 0 Å². The molecule has 0 spiro atoms. The first-order valence-corrected chi connectivity index (χ1v) is 15.8. The summed E-state index contributed by atoms with van der Waals surface area (Å²) in [6.45, 7) is 2.29. The van der Waals surface area contributed by atoms with Crippen molar-refractivity contribution in [2.75, 3.05) is 39.3 Å². The normalized spacial score (nSPS) is 17.0. The fourth-order valence-electron chi connectivity index (χ4n) is 6.00. The number of rotatable bonds is 7. The lowest BCUT2D eigenvalue weighted by molar-refractivity contribution is -0.143. The lowest BCUT2D eigenvalue weighted by Crippen LogP contribution is -2.54. The van der Waals surface area contributed by atoms with E-state index in [2.05, 4.69) is 22.3 Å². The Morgan fingerprint density at radius 2 is 1.35 bits per heavy atom. The summed E-state index contributed by atoms with van der Waals surface area (Å²) in [6.07, 6.45) is -8.52. The van der Waals surface area contributed by atoms with Crippen LogP contribution < -0.4 is 5.32 Å². The zero-order chi connectivity index (χ0) is 33.9. The molecule has 5 N–H and O–H groups in total. The van der Waals surface area contributed by atoms with Gasteiger partial charge in [-0.1, -0.05) is 59.6 Å². The van der Waals surface area contributed by atoms with Gasteiger partial charge in [-0.3, -0.25) is 14.5 Å². The maximum atomic E-state index is 13.6. The van der Waals surface area contributed by atoms with Crippen molar-refractivity contribution in [1.82, 2.24) is 20.0 Å². The van der Waals surface area contributed by atoms with E-state index in [4.69, 9.17) is 23.2 Å². The Morgan fingerprint density at radius 3 is 1.90 bits per heavy atom. The third kappa shape index (κ3) is 11.8. The summed E-state index contributed by atoms with van der Waals surface area (Å²) in [5, 5.41) is 3.78. The molecule has 3 aromatic carbocycles. The first kappa shape index (κ1) is 46.2. The number of piperidine rings is 1. The van der Waals surface area contributed by atoms with Crippen molar-refractivity contribution in [1.29, 1.82) is 0 Å². The number of hydrogen-bond donors (Lipinski definition) is 1. The quantitative estimate of drug-likeness (QED) is 0.274. The van der Waals surface area contributed by atoms with Crippen molar-refractivity contribution in [3.8, 4) is 0 Å². The summed E-state index contributed by atoms with van der Waals surface area (Å²) in [7, 11) is 0. The number of halogens is 10. The molecule has 51 heavy (non-hydrogen) atoms. The van der Waals surface area contributed by atoms with Gasteiger partial charge in [0.05, 0.1) is 33.8 Å². The minimum Gasteiger partial charge on any atom is -0.412 e. The highest BCUT2D eigenvalue weighted by Crippen LogP contribution is 2.37. The molecule has 8 nitrogen and oxygen atoms in total. The molecule has 2 saturated heterocycles. The maximum absolute atomic E-state index is 13.6. The maximum Gasteiger partial charge on any atom is 0.416 e. The molecule has 1 unspecified atom stereocenters. The van der Waals surface area contributed by atoms with Crippen molar-refractivity contribution < 1.29 is 46.9 Å². The van der Waals surface area contributed by atoms with E-state index in [0.29, 0.717) is 17.7 Å². The molecule has 2 heterocycles. The molecule has 2 aliphatic rings. The molecule has 0 saturated carbocycles. The molecule has 2 amide bonds. The van der Waals surface area contributed by atoms with Crippen LogP contribution in [0.4, 0.5) is 26.3 Å². The Hall–Kier alpha value is -2.82. The predicted molar refractivity (Wildman–Crippen MR) is 188 cm³/mol. The van der Waals surface area contributed by atoms with Crippen LogP contribution in [0.5, 0.6) is 0 Å². The van der Waals surface area contributed by atoms with Gasteiger partial charge >= 0.3 is 12.4 Å². The smallest absolute Gasteiger partial charge is 0.412 e. The second-order valence-corrected chi connectivity index (χ2v) is 12.6. The Bertz CT molecular complexity index is 1560. The van der Waals surface area contributed by atoms with E-state index in [1.165, 1.54) is 17.7 Å². The number of benzene rings is 3. The molecule has 1 atom stereocenters. The lowest BCUT2D eigenvalue weighted by Gasteiger charge is -2.42. The number of piperazine rings is 1. The molecule has 0 aromatic heterocycles. The minimum atomic E-state index is -5.10. The van der Waals surface area contributed by atoms with E-state index < -0.39 is 41.0 Å². The van der Waals surface area contributed by atoms with Gasteiger partial charge in [-0.25, -0.2) is 0 Å². The van der Waals surface area contributed by atoms with E-state index in [1.807, 2.05) is 18.2 Å². The molecule has 2 fully saturated rings. The standard InChI is InChI=1S/C33H32Cl2F6N4O2.2ClH.2H2O/c34-27-7-6-22(16-28(27)35)29-20-44(31(47)23-14-24(32(36,37)38)17-25(15-23)33(39,40)41)12-13-45(29)30(46)18-42-26-8-10-43(11-9-26)19-21-4-2-1-3-5-21;;;;/h1-7,14-17,26,29,42H,8-13,18-20H2;2*1H;2*1H2. The van der Waals surface area contributed by atoms with Crippen LogP contribution in [0.25, 0.3) is 0 Å². The topological polar surface area (TPSA) is 119 Å². The van der Waals surface area contributed by atoms with Crippen LogP contribution in [-0.4, -0.2) is 82.8 Å². The Labute approximate surface area is 313 Å². The molecular weight excluding hydrogens is 772 g/mol. The van der Waals surface area contributed by atoms with Crippen LogP contribution >= 0.6 is 48.0 Å². The van der Waals surface area contributed by atoms with Crippen LogP contribution in [0.1, 0.15) is 51.5 Å². The van der Waals surface area contributed by atoms with Crippen LogP contribution in [0.2, 0.25) is 10.0 Å². The van der Waals surface area contributed by atoms with Crippen molar-refractivity contribution >= 4 is 59.8 Å². The average molecular weight is 810 g/mol. The van der Waals surface area contributed by atoms with Crippen molar-refractivity contribution in [3.63, 3.8) is 0 Å². The number of nitrogens with one attached hydrogen (secondary N) is 1. The van der Waals surface area contributed by atoms with Gasteiger partial charge in [-0.15, -0.1) is 24.8 Å². The van der Waals surface area contributed by atoms with Crippen LogP contribution in [0, 0.1) is 0 Å². The van der Waals surface area contributed by atoms with E-state index in [0.717, 1.165) is 37.4 Å². The Balaban J connectivity index is 0.00000325. The monoisotopic (exact) mass is 808 g/mol. The van der Waals surface area contributed by atoms with E-state index in [9.17, 15) is 35.9 Å². The Morgan fingerprint density at radius 1 is 0.765 bits per heavy atom. The molecule has 3 aromatic rings. The first-order valence-electron chi connectivity index (χ1n) is 15.0. The number of likely N-dealkylation sites (tertiary alicyclic amines) is 1. The van der Waals surface area contributed by atoms with Gasteiger partial charge in [-0.05, 0) is 67.4 Å². The summed E-state index contributed by atoms with van der Waals surface area (Å²) in [5.41, 5.74) is -2.17. The first-order chi connectivity index (χ1) is 22.2. The highest BCUT2D eigenvalue weighted by molar-refractivity contribution is 6.42. The molecule has 2 aliphatic heterocycles. The van der Waals surface area contributed by atoms with Crippen LogP contribution in [0.3, 0.4) is 0 Å². The SMILES string of the molecule is Cl.Cl.O.O.O=C(c1cc(C(F)(F)F)cc(C(F)(F)F)c1)N1CCN(C(=O)CNC2CCN(Cc3ccccc3)CC2)C(c2ccc(Cl)c(Cl)c2)C1. The van der Waals surface area contributed by atoms with Crippen molar-refractivity contribution in [3.05, 3.63) is 105 Å². The number of alkyl halides is 6. The largest absolute Gasteiger partial charge is 0.416 e. The Kier molecular flexibility index (Phi) is 17.5. The van der Waals surface area contributed by atoms with Gasteiger partial charge in [0.1, 0.15) is 0 Å². The molecule has 0 aliphatic carbocycles. The number of carbonyl (C=O) groups is 2. The minimum absolute atomic E-state index is 0. The fourth-order valence-corrected chi connectivity index (χ4v) is 6.31. The third-order valence-corrected chi connectivity index (χ3v) is 9.27. The van der Waals surface area contributed by atoms with Crippen molar-refractivity contribution in [2.24, 2.45) is 0 Å². The average Bonchev–Trinajstić information content (AvgIpc) is 3.04. The molecule has 0 radical (unpaired) electrons.